The van der Waals surface area contributed by atoms with Crippen molar-refractivity contribution >= 4 is 65.7 Å². The molecule has 0 unspecified atom stereocenters. The second-order valence-corrected chi connectivity index (χ2v) is 17.5. The largest absolute Gasteiger partial charge is 0.456 e. The SMILES string of the molecule is c1ccc(-c2ccc(-c3nc(-c4ccccc4)nc(-c4cc(-c5ccc6c(c5)oc5cccc(-n7c8ccccc8c8cc(-c9ccccc9)ccc87)c56)cc5oc6ccccc6c45)n3)cc2)cc1. The van der Waals surface area contributed by atoms with Gasteiger partial charge in [-0.05, 0) is 94.0 Å². The molecule has 4 heterocycles. The van der Waals surface area contributed by atoms with Crippen molar-refractivity contribution in [1.82, 2.24) is 19.5 Å². The van der Waals surface area contributed by atoms with Crippen LogP contribution in [0.2, 0.25) is 0 Å². The molecule has 0 aliphatic heterocycles. The number of hydrogen-bond donors (Lipinski definition) is 0. The van der Waals surface area contributed by atoms with Crippen LogP contribution in [-0.4, -0.2) is 19.5 Å². The van der Waals surface area contributed by atoms with Gasteiger partial charge in [-0.1, -0.05) is 170 Å². The summed E-state index contributed by atoms with van der Waals surface area (Å²) in [5, 5.41) is 6.45. The monoisotopic (exact) mass is 882 g/mol. The molecule has 0 aliphatic carbocycles. The molecule has 0 fully saturated rings. The first-order valence-corrected chi connectivity index (χ1v) is 23.2. The number of para-hydroxylation sites is 2. The maximum Gasteiger partial charge on any atom is 0.164 e. The van der Waals surface area contributed by atoms with Gasteiger partial charge in [-0.2, -0.15) is 0 Å². The normalized spacial score (nSPS) is 11.8. The van der Waals surface area contributed by atoms with Crippen molar-refractivity contribution in [2.24, 2.45) is 0 Å². The van der Waals surface area contributed by atoms with Crippen molar-refractivity contribution in [2.45, 2.75) is 0 Å². The average molecular weight is 883 g/mol. The predicted molar refractivity (Wildman–Crippen MR) is 281 cm³/mol. The molecule has 0 radical (unpaired) electrons. The molecule has 69 heavy (non-hydrogen) atoms. The summed E-state index contributed by atoms with van der Waals surface area (Å²) < 4.78 is 15.8. The van der Waals surface area contributed by atoms with E-state index >= 15 is 0 Å². The highest BCUT2D eigenvalue weighted by molar-refractivity contribution is 6.16. The summed E-state index contributed by atoms with van der Waals surface area (Å²) in [5.74, 6) is 1.73. The van der Waals surface area contributed by atoms with Crippen LogP contribution in [0, 0.1) is 0 Å². The van der Waals surface area contributed by atoms with Crippen LogP contribution in [0.3, 0.4) is 0 Å². The molecule has 0 saturated carbocycles. The first-order chi connectivity index (χ1) is 34.2. The maximum atomic E-state index is 6.80. The molecule has 322 valence electrons. The van der Waals surface area contributed by atoms with Gasteiger partial charge in [-0.3, -0.25) is 0 Å². The zero-order chi connectivity index (χ0) is 45.4. The summed E-state index contributed by atoms with van der Waals surface area (Å²) in [6.07, 6.45) is 0. The van der Waals surface area contributed by atoms with E-state index < -0.39 is 0 Å². The van der Waals surface area contributed by atoms with Crippen molar-refractivity contribution < 1.29 is 8.83 Å². The summed E-state index contributed by atoms with van der Waals surface area (Å²) in [5.41, 5.74) is 15.7. The molecule has 0 N–H and O–H groups in total. The summed E-state index contributed by atoms with van der Waals surface area (Å²) >= 11 is 0. The zero-order valence-electron chi connectivity index (χ0n) is 37.0. The van der Waals surface area contributed by atoms with Crippen LogP contribution < -0.4 is 0 Å². The van der Waals surface area contributed by atoms with Gasteiger partial charge in [0.15, 0.2) is 17.5 Å². The zero-order valence-corrected chi connectivity index (χ0v) is 37.0. The topological polar surface area (TPSA) is 69.9 Å². The maximum absolute atomic E-state index is 6.80. The molecule has 0 spiro atoms. The number of furan rings is 2. The first kappa shape index (κ1) is 38.8. The van der Waals surface area contributed by atoms with Gasteiger partial charge in [-0.15, -0.1) is 0 Å². The van der Waals surface area contributed by atoms with Crippen molar-refractivity contribution in [3.05, 3.63) is 231 Å². The van der Waals surface area contributed by atoms with Crippen molar-refractivity contribution in [3.63, 3.8) is 0 Å². The Morgan fingerprint density at radius 2 is 0.783 bits per heavy atom. The van der Waals surface area contributed by atoms with Gasteiger partial charge in [0.05, 0.1) is 22.1 Å². The van der Waals surface area contributed by atoms with Crippen LogP contribution in [0.5, 0.6) is 0 Å². The number of nitrogens with zero attached hydrogens (tertiary/aromatic N) is 4. The number of hydrogen-bond acceptors (Lipinski definition) is 5. The Kier molecular flexibility index (Phi) is 8.79. The minimum atomic E-state index is 0.556. The Morgan fingerprint density at radius 3 is 1.55 bits per heavy atom. The second kappa shape index (κ2) is 15.6. The highest BCUT2D eigenvalue weighted by atomic mass is 16.3. The molecule has 4 aromatic heterocycles. The number of fused-ring (bicyclic) bond motifs is 9. The van der Waals surface area contributed by atoms with E-state index in [1.165, 1.54) is 21.9 Å². The lowest BCUT2D eigenvalue weighted by molar-refractivity contribution is 0.668. The van der Waals surface area contributed by atoms with E-state index in [-0.39, 0.29) is 0 Å². The molecule has 0 saturated heterocycles. The molecule has 10 aromatic carbocycles. The Balaban J connectivity index is 0.936. The smallest absolute Gasteiger partial charge is 0.164 e. The van der Waals surface area contributed by atoms with Crippen LogP contribution in [-0.2, 0) is 0 Å². The Labute approximate surface area is 396 Å². The molecule has 6 heteroatoms. The summed E-state index contributed by atoms with van der Waals surface area (Å²) in [6.45, 7) is 0. The summed E-state index contributed by atoms with van der Waals surface area (Å²) in [7, 11) is 0. The second-order valence-electron chi connectivity index (χ2n) is 17.5. The lowest BCUT2D eigenvalue weighted by atomic mass is 9.97. The first-order valence-electron chi connectivity index (χ1n) is 23.2. The lowest BCUT2D eigenvalue weighted by Gasteiger charge is -2.12. The van der Waals surface area contributed by atoms with Gasteiger partial charge in [0, 0.05) is 43.6 Å². The summed E-state index contributed by atoms with van der Waals surface area (Å²) in [6, 6.07) is 80.3. The molecule has 14 aromatic rings. The lowest BCUT2D eigenvalue weighted by Crippen LogP contribution is -2.00. The number of benzene rings is 10. The Hall–Kier alpha value is -9.39. The molecule has 0 bridgehead atoms. The Bertz CT molecular complexity index is 4290. The molecular weight excluding hydrogens is 845 g/mol. The van der Waals surface area contributed by atoms with E-state index in [4.69, 9.17) is 23.8 Å². The number of aromatic nitrogens is 4. The van der Waals surface area contributed by atoms with Gasteiger partial charge in [0.25, 0.3) is 0 Å². The van der Waals surface area contributed by atoms with E-state index in [1.54, 1.807) is 0 Å². The van der Waals surface area contributed by atoms with Crippen molar-refractivity contribution in [2.75, 3.05) is 0 Å². The highest BCUT2D eigenvalue weighted by Crippen LogP contribution is 2.43. The third kappa shape index (κ3) is 6.45. The third-order valence-electron chi connectivity index (χ3n) is 13.5. The van der Waals surface area contributed by atoms with E-state index in [0.29, 0.717) is 17.5 Å². The molecule has 0 atom stereocenters. The predicted octanol–water partition coefficient (Wildman–Crippen LogP) is 16.8. The fourth-order valence-corrected chi connectivity index (χ4v) is 10.2. The quantitative estimate of drug-likeness (QED) is 0.159. The van der Waals surface area contributed by atoms with E-state index in [0.717, 1.165) is 99.5 Å². The van der Waals surface area contributed by atoms with Gasteiger partial charge in [0.1, 0.15) is 22.3 Å². The average Bonchev–Trinajstić information content (AvgIpc) is 4.10. The fraction of sp³-hybridized carbons (Fsp3) is 0. The minimum Gasteiger partial charge on any atom is -0.456 e. The van der Waals surface area contributed by atoms with Gasteiger partial charge in [-0.25, -0.2) is 15.0 Å². The standard InChI is InChI=1S/C63H38N4O2/c1-4-15-39(16-5-1)41-27-29-43(30-28-41)62-64-61(42-19-8-3-9-20-42)65-63(66-62)51-36-46(38-58-59(51)48-22-11-13-25-55(48)68-58)45-31-33-49-57(37-45)69-56-26-14-24-54(60(49)56)67-52-23-12-10-21-47(52)50-35-44(32-34-53(50)67)40-17-6-2-7-18-40/h1-38H. The van der Waals surface area contributed by atoms with Crippen LogP contribution in [0.15, 0.2) is 239 Å². The minimum absolute atomic E-state index is 0.556. The molecule has 0 aliphatic rings. The molecule has 6 nitrogen and oxygen atoms in total. The molecular formula is C63H38N4O2. The van der Waals surface area contributed by atoms with Gasteiger partial charge < -0.3 is 13.4 Å². The van der Waals surface area contributed by atoms with Crippen molar-refractivity contribution in [3.8, 4) is 73.2 Å². The number of rotatable bonds is 7. The van der Waals surface area contributed by atoms with Gasteiger partial charge >= 0.3 is 0 Å². The van der Waals surface area contributed by atoms with Crippen LogP contribution >= 0.6 is 0 Å². The Morgan fingerprint density at radius 1 is 0.275 bits per heavy atom. The van der Waals surface area contributed by atoms with E-state index in [1.807, 2.05) is 54.6 Å². The molecule has 0 amide bonds. The third-order valence-corrected chi connectivity index (χ3v) is 13.5. The molecule has 14 rings (SSSR count). The van der Waals surface area contributed by atoms with E-state index in [9.17, 15) is 0 Å². The van der Waals surface area contributed by atoms with Gasteiger partial charge in [0.2, 0.25) is 0 Å². The van der Waals surface area contributed by atoms with Crippen molar-refractivity contribution in [1.29, 1.82) is 0 Å². The van der Waals surface area contributed by atoms with Crippen LogP contribution in [0.1, 0.15) is 0 Å². The van der Waals surface area contributed by atoms with Crippen LogP contribution in [0.4, 0.5) is 0 Å². The van der Waals surface area contributed by atoms with E-state index in [2.05, 4.69) is 180 Å². The van der Waals surface area contributed by atoms with Crippen LogP contribution in [0.25, 0.3) is 139 Å². The fourth-order valence-electron chi connectivity index (χ4n) is 10.2. The summed E-state index contributed by atoms with van der Waals surface area (Å²) in [4.78, 5) is 15.6. The highest BCUT2D eigenvalue weighted by Gasteiger charge is 2.22.